The molecule has 0 radical (unpaired) electrons. The van der Waals surface area contributed by atoms with Gasteiger partial charge in [-0.15, -0.1) is 0 Å². The molecular weight excluding hydrogens is 446 g/mol. The summed E-state index contributed by atoms with van der Waals surface area (Å²) in [7, 11) is 0. The van der Waals surface area contributed by atoms with Gasteiger partial charge in [0.05, 0.1) is 11.3 Å². The molecular formula is C24H28F2N4O4. The molecule has 0 saturated carbocycles. The van der Waals surface area contributed by atoms with Crippen LogP contribution in [0.1, 0.15) is 44.0 Å². The van der Waals surface area contributed by atoms with E-state index in [1.165, 1.54) is 4.90 Å². The van der Waals surface area contributed by atoms with Crippen molar-refractivity contribution in [2.24, 2.45) is 5.73 Å². The molecule has 0 atom stereocenters. The van der Waals surface area contributed by atoms with Crippen molar-refractivity contribution in [1.82, 2.24) is 4.90 Å². The van der Waals surface area contributed by atoms with Crippen LogP contribution in [0.15, 0.2) is 42.5 Å². The normalized spacial score (nSPS) is 14.4. The molecule has 182 valence electrons. The zero-order valence-electron chi connectivity index (χ0n) is 19.3. The molecule has 1 aliphatic rings. The molecule has 1 aliphatic heterocycles. The molecule has 0 bridgehead atoms. The number of nitrogens with one attached hydrogen (secondary N) is 1. The van der Waals surface area contributed by atoms with Crippen LogP contribution in [-0.4, -0.2) is 47.7 Å². The van der Waals surface area contributed by atoms with E-state index in [1.54, 1.807) is 56.0 Å². The van der Waals surface area contributed by atoms with Crippen LogP contribution < -0.4 is 16.0 Å². The first-order valence-electron chi connectivity index (χ1n) is 10.9. The average molecular weight is 475 g/mol. The SMILES string of the molecule is CC(C)(C)OC(=O)N1CCC(N(C(=O)Nc2cc(C(N)=O)c(F)cc2F)c2ccccc2)CC1. The van der Waals surface area contributed by atoms with Gasteiger partial charge in [-0.2, -0.15) is 0 Å². The minimum Gasteiger partial charge on any atom is -0.444 e. The second-order valence-electron chi connectivity index (χ2n) is 9.01. The molecule has 0 spiro atoms. The highest BCUT2D eigenvalue weighted by Gasteiger charge is 2.33. The summed E-state index contributed by atoms with van der Waals surface area (Å²) in [5.74, 6) is -3.23. The van der Waals surface area contributed by atoms with E-state index >= 15 is 0 Å². The number of hydrogen-bond acceptors (Lipinski definition) is 4. The number of rotatable bonds is 4. The number of anilines is 2. The van der Waals surface area contributed by atoms with Crippen LogP contribution in [0.25, 0.3) is 0 Å². The Morgan fingerprint density at radius 3 is 2.24 bits per heavy atom. The summed E-state index contributed by atoms with van der Waals surface area (Å²) in [6, 6.07) is 9.18. The number of hydrogen-bond donors (Lipinski definition) is 2. The molecule has 3 rings (SSSR count). The quantitative estimate of drug-likeness (QED) is 0.681. The van der Waals surface area contributed by atoms with Crippen molar-refractivity contribution in [3.05, 3.63) is 59.7 Å². The van der Waals surface area contributed by atoms with Gasteiger partial charge in [0.25, 0.3) is 5.91 Å². The number of para-hydroxylation sites is 1. The van der Waals surface area contributed by atoms with Gasteiger partial charge in [0.15, 0.2) is 0 Å². The lowest BCUT2D eigenvalue weighted by molar-refractivity contribution is 0.0206. The molecule has 1 heterocycles. The van der Waals surface area contributed by atoms with E-state index in [1.807, 2.05) is 0 Å². The fraction of sp³-hybridized carbons (Fsp3) is 0.375. The number of halogens is 2. The van der Waals surface area contributed by atoms with Gasteiger partial charge in [-0.3, -0.25) is 9.69 Å². The first kappa shape index (κ1) is 24.9. The maximum atomic E-state index is 14.4. The maximum Gasteiger partial charge on any atom is 0.410 e. The number of ether oxygens (including phenoxy) is 1. The first-order valence-corrected chi connectivity index (χ1v) is 10.9. The number of carbonyl (C=O) groups is 3. The van der Waals surface area contributed by atoms with E-state index in [9.17, 15) is 23.2 Å². The Kier molecular flexibility index (Phi) is 7.38. The maximum absolute atomic E-state index is 14.4. The van der Waals surface area contributed by atoms with Gasteiger partial charge in [-0.05, 0) is 51.8 Å². The second-order valence-corrected chi connectivity index (χ2v) is 9.01. The summed E-state index contributed by atoms with van der Waals surface area (Å²) in [5.41, 5.74) is 4.18. The van der Waals surface area contributed by atoms with Gasteiger partial charge in [0.1, 0.15) is 17.2 Å². The summed E-state index contributed by atoms with van der Waals surface area (Å²) in [6.07, 6.45) is 0.494. The van der Waals surface area contributed by atoms with Crippen LogP contribution in [0.3, 0.4) is 0 Å². The highest BCUT2D eigenvalue weighted by atomic mass is 19.1. The van der Waals surface area contributed by atoms with Gasteiger partial charge in [-0.25, -0.2) is 18.4 Å². The van der Waals surface area contributed by atoms with Gasteiger partial charge in [-0.1, -0.05) is 18.2 Å². The smallest absolute Gasteiger partial charge is 0.410 e. The molecule has 3 N–H and O–H groups in total. The van der Waals surface area contributed by atoms with E-state index in [0.717, 1.165) is 6.07 Å². The largest absolute Gasteiger partial charge is 0.444 e. The molecule has 0 unspecified atom stereocenters. The van der Waals surface area contributed by atoms with Crippen molar-refractivity contribution in [3.63, 3.8) is 0 Å². The topological polar surface area (TPSA) is 105 Å². The number of nitrogens with zero attached hydrogens (tertiary/aromatic N) is 2. The van der Waals surface area contributed by atoms with Crippen LogP contribution in [0.2, 0.25) is 0 Å². The highest BCUT2D eigenvalue weighted by Crippen LogP contribution is 2.27. The third kappa shape index (κ3) is 6.00. The van der Waals surface area contributed by atoms with Gasteiger partial charge in [0.2, 0.25) is 0 Å². The molecule has 2 aromatic carbocycles. The van der Waals surface area contributed by atoms with Crippen molar-refractivity contribution in [2.45, 2.75) is 45.3 Å². The Bertz CT molecular complexity index is 1060. The third-order valence-corrected chi connectivity index (χ3v) is 5.30. The van der Waals surface area contributed by atoms with Crippen LogP contribution in [0.4, 0.5) is 29.7 Å². The molecule has 4 amide bonds. The highest BCUT2D eigenvalue weighted by molar-refractivity contribution is 6.03. The summed E-state index contributed by atoms with van der Waals surface area (Å²) < 4.78 is 33.6. The Labute approximate surface area is 196 Å². The monoisotopic (exact) mass is 474 g/mol. The molecule has 1 fully saturated rings. The summed E-state index contributed by atoms with van der Waals surface area (Å²) >= 11 is 0. The Morgan fingerprint density at radius 2 is 1.68 bits per heavy atom. The zero-order valence-corrected chi connectivity index (χ0v) is 19.3. The number of likely N-dealkylation sites (tertiary alicyclic amines) is 1. The Hall–Kier alpha value is -3.69. The number of benzene rings is 2. The van der Waals surface area contributed by atoms with E-state index < -0.39 is 40.8 Å². The number of piperidine rings is 1. The minimum atomic E-state index is -1.11. The van der Waals surface area contributed by atoms with Crippen LogP contribution >= 0.6 is 0 Å². The molecule has 0 aromatic heterocycles. The summed E-state index contributed by atoms with van der Waals surface area (Å²) in [4.78, 5) is 40.2. The third-order valence-electron chi connectivity index (χ3n) is 5.30. The number of urea groups is 1. The molecule has 8 nitrogen and oxygen atoms in total. The molecule has 2 aromatic rings. The van der Waals surface area contributed by atoms with Crippen molar-refractivity contribution in [3.8, 4) is 0 Å². The molecule has 34 heavy (non-hydrogen) atoms. The predicted molar refractivity (Wildman–Crippen MR) is 124 cm³/mol. The van der Waals surface area contributed by atoms with Crippen molar-refractivity contribution in [1.29, 1.82) is 0 Å². The lowest BCUT2D eigenvalue weighted by Gasteiger charge is -2.38. The standard InChI is InChI=1S/C24H28F2N4O4/c1-24(2,3)34-23(33)29-11-9-16(10-12-29)30(15-7-5-4-6-8-15)22(32)28-20-13-17(21(27)31)18(25)14-19(20)26/h4-8,13-14,16H,9-12H2,1-3H3,(H2,27,31)(H,28,32). The number of amides is 4. The Morgan fingerprint density at radius 1 is 1.06 bits per heavy atom. The van der Waals surface area contributed by atoms with Gasteiger partial charge in [0, 0.05) is 30.9 Å². The van der Waals surface area contributed by atoms with E-state index in [4.69, 9.17) is 10.5 Å². The first-order chi connectivity index (χ1) is 16.0. The van der Waals surface area contributed by atoms with Crippen LogP contribution in [0, 0.1) is 11.6 Å². The lowest BCUT2D eigenvalue weighted by Crippen LogP contribution is -2.51. The minimum absolute atomic E-state index is 0.305. The number of nitrogens with two attached hydrogens (primary N) is 1. The van der Waals surface area contributed by atoms with Crippen molar-refractivity contribution >= 4 is 29.4 Å². The van der Waals surface area contributed by atoms with E-state index in [0.29, 0.717) is 37.7 Å². The van der Waals surface area contributed by atoms with Gasteiger partial charge >= 0.3 is 12.1 Å². The summed E-state index contributed by atoms with van der Waals surface area (Å²) in [5, 5.41) is 2.43. The second kappa shape index (κ2) is 10.1. The summed E-state index contributed by atoms with van der Waals surface area (Å²) in [6.45, 7) is 6.10. The van der Waals surface area contributed by atoms with E-state index in [-0.39, 0.29) is 11.7 Å². The fourth-order valence-electron chi connectivity index (χ4n) is 3.72. The Balaban J connectivity index is 1.81. The number of primary amides is 1. The average Bonchev–Trinajstić information content (AvgIpc) is 2.75. The van der Waals surface area contributed by atoms with Crippen molar-refractivity contribution in [2.75, 3.05) is 23.3 Å². The van der Waals surface area contributed by atoms with Gasteiger partial charge < -0.3 is 20.7 Å². The zero-order chi connectivity index (χ0) is 25.0. The fourth-order valence-corrected chi connectivity index (χ4v) is 3.72. The van der Waals surface area contributed by atoms with E-state index in [2.05, 4.69) is 5.32 Å². The van der Waals surface area contributed by atoms with Crippen LogP contribution in [0.5, 0.6) is 0 Å². The van der Waals surface area contributed by atoms with Crippen molar-refractivity contribution < 1.29 is 27.9 Å². The lowest BCUT2D eigenvalue weighted by atomic mass is 10.0. The molecule has 10 heteroatoms. The molecule has 0 aliphatic carbocycles. The molecule has 1 saturated heterocycles. The number of carbonyl (C=O) groups excluding carboxylic acids is 3. The predicted octanol–water partition coefficient (Wildman–Crippen LogP) is 4.50. The van der Waals surface area contributed by atoms with Crippen LogP contribution in [-0.2, 0) is 4.74 Å².